The first-order valence-electron chi connectivity index (χ1n) is 6.45. The molecule has 2 heterocycles. The maximum absolute atomic E-state index is 5.88. The molecular formula is C15H16N4O. The molecule has 5 heteroatoms. The smallest absolute Gasteiger partial charge is 0.247 e. The van der Waals surface area contributed by atoms with Crippen molar-refractivity contribution < 1.29 is 4.74 Å². The largest absolute Gasteiger partial charge is 0.437 e. The lowest BCUT2D eigenvalue weighted by atomic mass is 10.2. The molecule has 102 valence electrons. The summed E-state index contributed by atoms with van der Waals surface area (Å²) in [6.45, 7) is 0.804. The van der Waals surface area contributed by atoms with Crippen molar-refractivity contribution in [3.8, 4) is 11.6 Å². The minimum Gasteiger partial charge on any atom is -0.437 e. The monoisotopic (exact) mass is 268 g/mol. The minimum atomic E-state index is 0.532. The van der Waals surface area contributed by atoms with Crippen LogP contribution in [0.25, 0.3) is 11.0 Å². The van der Waals surface area contributed by atoms with Crippen molar-refractivity contribution in [3.63, 3.8) is 0 Å². The van der Waals surface area contributed by atoms with E-state index in [0.717, 1.165) is 28.9 Å². The molecule has 0 atom stereocenters. The number of nitrogens with one attached hydrogen (secondary N) is 1. The number of hydrogen-bond acceptors (Lipinski definition) is 4. The third-order valence-corrected chi connectivity index (χ3v) is 3.10. The maximum Gasteiger partial charge on any atom is 0.247 e. The average Bonchev–Trinajstić information content (AvgIpc) is 2.83. The van der Waals surface area contributed by atoms with Gasteiger partial charge in [-0.1, -0.05) is 12.1 Å². The number of rotatable bonds is 4. The summed E-state index contributed by atoms with van der Waals surface area (Å²) in [7, 11) is 3.87. The first-order valence-corrected chi connectivity index (χ1v) is 6.45. The lowest BCUT2D eigenvalue weighted by Crippen LogP contribution is -2.04. The van der Waals surface area contributed by atoms with Gasteiger partial charge in [-0.05, 0) is 30.8 Å². The SMILES string of the molecule is CNCc1cccc(Oc2nccc3c2ncn3C)c1. The minimum absolute atomic E-state index is 0.532. The van der Waals surface area contributed by atoms with Gasteiger partial charge in [-0.3, -0.25) is 0 Å². The number of fused-ring (bicyclic) bond motifs is 1. The molecule has 2 aromatic heterocycles. The molecule has 20 heavy (non-hydrogen) atoms. The number of aromatic nitrogens is 3. The van der Waals surface area contributed by atoms with E-state index in [0.29, 0.717) is 5.88 Å². The Morgan fingerprint density at radius 3 is 3.00 bits per heavy atom. The van der Waals surface area contributed by atoms with Crippen molar-refractivity contribution in [1.82, 2.24) is 19.9 Å². The van der Waals surface area contributed by atoms with Crippen molar-refractivity contribution >= 4 is 11.0 Å². The third-order valence-electron chi connectivity index (χ3n) is 3.10. The second kappa shape index (κ2) is 5.30. The number of nitrogens with zero attached hydrogens (tertiary/aromatic N) is 3. The second-order valence-electron chi connectivity index (χ2n) is 4.62. The van der Waals surface area contributed by atoms with Gasteiger partial charge in [0.05, 0.1) is 11.8 Å². The van der Waals surface area contributed by atoms with E-state index in [2.05, 4.69) is 21.4 Å². The van der Waals surface area contributed by atoms with Crippen LogP contribution < -0.4 is 10.1 Å². The van der Waals surface area contributed by atoms with Crippen LogP contribution in [0.4, 0.5) is 0 Å². The molecule has 1 aromatic carbocycles. The summed E-state index contributed by atoms with van der Waals surface area (Å²) in [4.78, 5) is 8.61. The molecule has 0 amide bonds. The highest BCUT2D eigenvalue weighted by Crippen LogP contribution is 2.26. The van der Waals surface area contributed by atoms with E-state index in [4.69, 9.17) is 4.74 Å². The van der Waals surface area contributed by atoms with Crippen LogP contribution in [0.5, 0.6) is 11.6 Å². The lowest BCUT2D eigenvalue weighted by Gasteiger charge is -2.07. The lowest BCUT2D eigenvalue weighted by molar-refractivity contribution is 0.467. The summed E-state index contributed by atoms with van der Waals surface area (Å²) in [5, 5.41) is 3.12. The summed E-state index contributed by atoms with van der Waals surface area (Å²) in [5.41, 5.74) is 2.94. The molecule has 3 aromatic rings. The van der Waals surface area contributed by atoms with Crippen molar-refractivity contribution in [1.29, 1.82) is 0 Å². The quantitative estimate of drug-likeness (QED) is 0.789. The van der Waals surface area contributed by atoms with Gasteiger partial charge in [-0.2, -0.15) is 0 Å². The van der Waals surface area contributed by atoms with Gasteiger partial charge in [-0.15, -0.1) is 0 Å². The summed E-state index contributed by atoms with van der Waals surface area (Å²) in [5.74, 6) is 1.30. The second-order valence-corrected chi connectivity index (χ2v) is 4.62. The first-order chi connectivity index (χ1) is 9.78. The fraction of sp³-hybridized carbons (Fsp3) is 0.200. The first kappa shape index (κ1) is 12.6. The van der Waals surface area contributed by atoms with Gasteiger partial charge in [0.25, 0.3) is 0 Å². The highest BCUT2D eigenvalue weighted by molar-refractivity contribution is 5.80. The summed E-state index contributed by atoms with van der Waals surface area (Å²) in [6.07, 6.45) is 3.49. The van der Waals surface area contributed by atoms with Crippen LogP contribution in [0, 0.1) is 0 Å². The number of benzene rings is 1. The molecule has 0 aliphatic heterocycles. The number of pyridine rings is 1. The topological polar surface area (TPSA) is 52.0 Å². The van der Waals surface area contributed by atoms with E-state index in [-0.39, 0.29) is 0 Å². The van der Waals surface area contributed by atoms with Crippen LogP contribution >= 0.6 is 0 Å². The van der Waals surface area contributed by atoms with Gasteiger partial charge in [0.15, 0.2) is 5.52 Å². The predicted octanol–water partition coefficient (Wildman–Crippen LogP) is 2.48. The number of imidazole rings is 1. The Balaban J connectivity index is 1.95. The van der Waals surface area contributed by atoms with Gasteiger partial charge in [0.2, 0.25) is 5.88 Å². The van der Waals surface area contributed by atoms with E-state index in [1.807, 2.05) is 42.9 Å². The Kier molecular flexibility index (Phi) is 3.35. The van der Waals surface area contributed by atoms with Crippen LogP contribution in [0.15, 0.2) is 42.9 Å². The number of aryl methyl sites for hydroxylation is 1. The van der Waals surface area contributed by atoms with Crippen LogP contribution in [0.2, 0.25) is 0 Å². The zero-order chi connectivity index (χ0) is 13.9. The summed E-state index contributed by atoms with van der Waals surface area (Å²) >= 11 is 0. The van der Waals surface area contributed by atoms with Crippen molar-refractivity contribution in [2.75, 3.05) is 7.05 Å². The van der Waals surface area contributed by atoms with E-state index < -0.39 is 0 Å². The molecule has 0 fully saturated rings. The molecule has 0 aliphatic carbocycles. The highest BCUT2D eigenvalue weighted by atomic mass is 16.5. The van der Waals surface area contributed by atoms with Crippen molar-refractivity contribution in [2.45, 2.75) is 6.54 Å². The van der Waals surface area contributed by atoms with Gasteiger partial charge >= 0.3 is 0 Å². The molecular weight excluding hydrogens is 252 g/mol. The van der Waals surface area contributed by atoms with Crippen LogP contribution in [-0.2, 0) is 13.6 Å². The number of hydrogen-bond donors (Lipinski definition) is 1. The van der Waals surface area contributed by atoms with Gasteiger partial charge < -0.3 is 14.6 Å². The highest BCUT2D eigenvalue weighted by Gasteiger charge is 2.09. The standard InChI is InChI=1S/C15H16N4O/c1-16-9-11-4-3-5-12(8-11)20-15-14-13(6-7-17-15)19(2)10-18-14/h3-8,10,16H,9H2,1-2H3. The normalized spacial score (nSPS) is 10.9. The van der Waals surface area contributed by atoms with Crippen LogP contribution in [-0.4, -0.2) is 21.6 Å². The van der Waals surface area contributed by atoms with E-state index in [9.17, 15) is 0 Å². The van der Waals surface area contributed by atoms with E-state index in [1.54, 1.807) is 12.5 Å². The Bertz CT molecular complexity index is 736. The van der Waals surface area contributed by atoms with Gasteiger partial charge in [0.1, 0.15) is 5.75 Å². The summed E-state index contributed by atoms with van der Waals surface area (Å²) < 4.78 is 7.82. The fourth-order valence-electron chi connectivity index (χ4n) is 2.15. The molecule has 0 saturated carbocycles. The molecule has 0 saturated heterocycles. The molecule has 0 unspecified atom stereocenters. The summed E-state index contributed by atoms with van der Waals surface area (Å²) in [6, 6.07) is 9.87. The van der Waals surface area contributed by atoms with Gasteiger partial charge in [0, 0.05) is 19.8 Å². The molecule has 1 N–H and O–H groups in total. The zero-order valence-corrected chi connectivity index (χ0v) is 11.5. The molecule has 0 bridgehead atoms. The Morgan fingerprint density at radius 1 is 1.25 bits per heavy atom. The van der Waals surface area contributed by atoms with Crippen LogP contribution in [0.3, 0.4) is 0 Å². The molecule has 0 aliphatic rings. The van der Waals surface area contributed by atoms with Crippen LogP contribution in [0.1, 0.15) is 5.56 Å². The van der Waals surface area contributed by atoms with Crippen molar-refractivity contribution in [2.24, 2.45) is 7.05 Å². The molecule has 5 nitrogen and oxygen atoms in total. The number of ether oxygens (including phenoxy) is 1. The Morgan fingerprint density at radius 2 is 2.15 bits per heavy atom. The van der Waals surface area contributed by atoms with Crippen molar-refractivity contribution in [3.05, 3.63) is 48.4 Å². The predicted molar refractivity (Wildman–Crippen MR) is 77.8 cm³/mol. The molecule has 0 spiro atoms. The van der Waals surface area contributed by atoms with E-state index in [1.165, 1.54) is 0 Å². The molecule has 0 radical (unpaired) electrons. The maximum atomic E-state index is 5.88. The molecule has 3 rings (SSSR count). The van der Waals surface area contributed by atoms with Gasteiger partial charge in [-0.25, -0.2) is 9.97 Å². The zero-order valence-electron chi connectivity index (χ0n) is 11.5. The average molecular weight is 268 g/mol. The fourth-order valence-corrected chi connectivity index (χ4v) is 2.15. The Hall–Kier alpha value is -2.40. The third kappa shape index (κ3) is 2.35. The van der Waals surface area contributed by atoms with E-state index >= 15 is 0 Å². The Labute approximate surface area is 117 Å².